The van der Waals surface area contributed by atoms with Crippen LogP contribution in [0.2, 0.25) is 5.15 Å². The molecule has 4 heteroatoms. The molecule has 3 nitrogen and oxygen atoms in total. The van der Waals surface area contributed by atoms with E-state index in [-0.39, 0.29) is 0 Å². The molecule has 1 atom stereocenters. The first-order chi connectivity index (χ1) is 7.77. The molecule has 0 aromatic carbocycles. The van der Waals surface area contributed by atoms with E-state index < -0.39 is 0 Å². The first-order valence-corrected chi connectivity index (χ1v) is 6.21. The highest BCUT2D eigenvalue weighted by molar-refractivity contribution is 6.32. The Morgan fingerprint density at radius 3 is 3.19 bits per heavy atom. The smallest absolute Gasteiger partial charge is 0.152 e. The van der Waals surface area contributed by atoms with Crippen LogP contribution in [0.15, 0.2) is 12.3 Å². The van der Waals surface area contributed by atoms with Crippen LogP contribution in [-0.2, 0) is 0 Å². The molecule has 2 rings (SSSR count). The predicted octanol–water partition coefficient (Wildman–Crippen LogP) is 2.45. The number of anilines is 1. The molecular weight excluding hydrogens is 222 g/mol. The molecule has 1 fully saturated rings. The molecule has 88 valence electrons. The van der Waals surface area contributed by atoms with E-state index in [0.29, 0.717) is 11.1 Å². The summed E-state index contributed by atoms with van der Waals surface area (Å²) in [4.78, 5) is 4.09. The second-order valence-corrected chi connectivity index (χ2v) is 4.74. The van der Waals surface area contributed by atoms with Crippen molar-refractivity contribution in [1.82, 2.24) is 10.3 Å². The molecule has 1 saturated heterocycles. The lowest BCUT2D eigenvalue weighted by Crippen LogP contribution is -2.33. The zero-order valence-electron chi connectivity index (χ0n) is 9.59. The molecule has 16 heavy (non-hydrogen) atoms. The van der Waals surface area contributed by atoms with Crippen molar-refractivity contribution in [1.29, 1.82) is 0 Å². The largest absolute Gasteiger partial charge is 0.382 e. The Morgan fingerprint density at radius 2 is 2.50 bits per heavy atom. The van der Waals surface area contributed by atoms with Crippen molar-refractivity contribution < 1.29 is 0 Å². The summed E-state index contributed by atoms with van der Waals surface area (Å²) in [6.45, 7) is 5.28. The standard InChI is InChI=1S/C12H18ClN3/c1-9-4-6-15-12(13)11(9)16-8-10-3-2-5-14-7-10/h4,6,10,14,16H,2-3,5,7-8H2,1H3. The molecule has 1 aliphatic rings. The third-order valence-electron chi connectivity index (χ3n) is 3.08. The van der Waals surface area contributed by atoms with Crippen molar-refractivity contribution in [3.63, 3.8) is 0 Å². The van der Waals surface area contributed by atoms with Gasteiger partial charge < -0.3 is 10.6 Å². The fraction of sp³-hybridized carbons (Fsp3) is 0.583. The minimum absolute atomic E-state index is 0.573. The van der Waals surface area contributed by atoms with Crippen LogP contribution in [0.25, 0.3) is 0 Å². The topological polar surface area (TPSA) is 37.0 Å². The fourth-order valence-electron chi connectivity index (χ4n) is 2.08. The number of nitrogens with zero attached hydrogens (tertiary/aromatic N) is 1. The van der Waals surface area contributed by atoms with Crippen molar-refractivity contribution in [3.8, 4) is 0 Å². The lowest BCUT2D eigenvalue weighted by molar-refractivity contribution is 0.393. The van der Waals surface area contributed by atoms with Gasteiger partial charge in [0.25, 0.3) is 0 Å². The predicted molar refractivity (Wildman–Crippen MR) is 68.1 cm³/mol. The fourth-order valence-corrected chi connectivity index (χ4v) is 2.35. The Morgan fingerprint density at radius 1 is 1.62 bits per heavy atom. The van der Waals surface area contributed by atoms with E-state index in [9.17, 15) is 0 Å². The number of nitrogens with one attached hydrogen (secondary N) is 2. The highest BCUT2D eigenvalue weighted by atomic mass is 35.5. The van der Waals surface area contributed by atoms with Crippen LogP contribution in [0.5, 0.6) is 0 Å². The molecule has 2 N–H and O–H groups in total. The van der Waals surface area contributed by atoms with E-state index in [0.717, 1.165) is 30.9 Å². The second kappa shape index (κ2) is 5.51. The Hall–Kier alpha value is -0.800. The number of hydrogen-bond acceptors (Lipinski definition) is 3. The van der Waals surface area contributed by atoms with E-state index in [1.54, 1.807) is 6.20 Å². The molecule has 0 aliphatic carbocycles. The number of pyridine rings is 1. The van der Waals surface area contributed by atoms with E-state index in [4.69, 9.17) is 11.6 Å². The summed E-state index contributed by atoms with van der Waals surface area (Å²) in [6.07, 6.45) is 4.30. The molecular formula is C12H18ClN3. The summed E-state index contributed by atoms with van der Waals surface area (Å²) >= 11 is 6.06. The van der Waals surface area contributed by atoms with Gasteiger partial charge in [-0.15, -0.1) is 0 Å². The number of aryl methyl sites for hydroxylation is 1. The van der Waals surface area contributed by atoms with Gasteiger partial charge in [0.15, 0.2) is 5.15 Å². The molecule has 0 bridgehead atoms. The highest BCUT2D eigenvalue weighted by Crippen LogP contribution is 2.23. The Balaban J connectivity index is 1.93. The number of piperidine rings is 1. The molecule has 0 spiro atoms. The van der Waals surface area contributed by atoms with Crippen LogP contribution >= 0.6 is 11.6 Å². The molecule has 0 radical (unpaired) electrons. The van der Waals surface area contributed by atoms with Gasteiger partial charge in [-0.3, -0.25) is 0 Å². The molecule has 1 aromatic heterocycles. The minimum atomic E-state index is 0.573. The Bertz CT molecular complexity index is 328. The number of rotatable bonds is 3. The zero-order chi connectivity index (χ0) is 11.4. The van der Waals surface area contributed by atoms with Gasteiger partial charge in [0.2, 0.25) is 0 Å². The molecule has 1 aromatic rings. The van der Waals surface area contributed by atoms with Gasteiger partial charge in [0.05, 0.1) is 5.69 Å². The normalized spacial score (nSPS) is 20.8. The van der Waals surface area contributed by atoms with E-state index >= 15 is 0 Å². The number of hydrogen-bond donors (Lipinski definition) is 2. The summed E-state index contributed by atoms with van der Waals surface area (Å²) in [6, 6.07) is 1.98. The molecule has 1 aliphatic heterocycles. The summed E-state index contributed by atoms with van der Waals surface area (Å²) in [5.41, 5.74) is 2.14. The third-order valence-corrected chi connectivity index (χ3v) is 3.37. The minimum Gasteiger partial charge on any atom is -0.382 e. The van der Waals surface area contributed by atoms with Gasteiger partial charge in [-0.1, -0.05) is 11.6 Å². The quantitative estimate of drug-likeness (QED) is 0.796. The van der Waals surface area contributed by atoms with Crippen molar-refractivity contribution >= 4 is 17.3 Å². The van der Waals surface area contributed by atoms with Crippen LogP contribution in [0, 0.1) is 12.8 Å². The maximum Gasteiger partial charge on any atom is 0.152 e. The first kappa shape index (κ1) is 11.7. The van der Waals surface area contributed by atoms with E-state index in [1.807, 2.05) is 6.07 Å². The van der Waals surface area contributed by atoms with Gasteiger partial charge in [-0.25, -0.2) is 4.98 Å². The van der Waals surface area contributed by atoms with Gasteiger partial charge >= 0.3 is 0 Å². The van der Waals surface area contributed by atoms with Crippen molar-refractivity contribution in [2.24, 2.45) is 5.92 Å². The van der Waals surface area contributed by atoms with Crippen molar-refractivity contribution in [2.45, 2.75) is 19.8 Å². The monoisotopic (exact) mass is 239 g/mol. The van der Waals surface area contributed by atoms with Crippen LogP contribution in [-0.4, -0.2) is 24.6 Å². The molecule has 0 saturated carbocycles. The highest BCUT2D eigenvalue weighted by Gasteiger charge is 2.13. The first-order valence-electron chi connectivity index (χ1n) is 5.83. The van der Waals surface area contributed by atoms with Crippen LogP contribution in [0.3, 0.4) is 0 Å². The third kappa shape index (κ3) is 2.86. The zero-order valence-corrected chi connectivity index (χ0v) is 10.3. The van der Waals surface area contributed by atoms with Crippen molar-refractivity contribution in [2.75, 3.05) is 25.0 Å². The number of halogens is 1. The molecule has 0 amide bonds. The summed E-state index contributed by atoms with van der Waals surface area (Å²) in [7, 11) is 0. The van der Waals surface area contributed by atoms with Gasteiger partial charge in [0.1, 0.15) is 0 Å². The molecule has 1 unspecified atom stereocenters. The number of aromatic nitrogens is 1. The van der Waals surface area contributed by atoms with Gasteiger partial charge in [0, 0.05) is 12.7 Å². The maximum atomic E-state index is 6.06. The SMILES string of the molecule is Cc1ccnc(Cl)c1NCC1CCCNC1. The summed E-state index contributed by atoms with van der Waals surface area (Å²) < 4.78 is 0. The lowest BCUT2D eigenvalue weighted by Gasteiger charge is -2.23. The van der Waals surface area contributed by atoms with Gasteiger partial charge in [-0.2, -0.15) is 0 Å². The van der Waals surface area contributed by atoms with Crippen LogP contribution < -0.4 is 10.6 Å². The average molecular weight is 240 g/mol. The average Bonchev–Trinajstić information content (AvgIpc) is 2.30. The Kier molecular flexibility index (Phi) is 4.02. The Labute approximate surface area is 102 Å². The van der Waals surface area contributed by atoms with Crippen LogP contribution in [0.4, 0.5) is 5.69 Å². The molecule has 2 heterocycles. The van der Waals surface area contributed by atoms with E-state index in [1.165, 1.54) is 12.8 Å². The van der Waals surface area contributed by atoms with Crippen molar-refractivity contribution in [3.05, 3.63) is 23.0 Å². The summed E-state index contributed by atoms with van der Waals surface area (Å²) in [5.74, 6) is 0.699. The van der Waals surface area contributed by atoms with Gasteiger partial charge in [-0.05, 0) is 50.4 Å². The maximum absolute atomic E-state index is 6.06. The lowest BCUT2D eigenvalue weighted by atomic mass is 9.99. The van der Waals surface area contributed by atoms with E-state index in [2.05, 4.69) is 22.5 Å². The summed E-state index contributed by atoms with van der Waals surface area (Å²) in [5, 5.41) is 7.40. The second-order valence-electron chi connectivity index (χ2n) is 4.39. The van der Waals surface area contributed by atoms with Crippen LogP contribution in [0.1, 0.15) is 18.4 Å².